The third-order valence-electron chi connectivity index (χ3n) is 5.50. The molecule has 0 radical (unpaired) electrons. The molecule has 4 rings (SSSR count). The molecule has 3 aromatic rings. The molecule has 6 heteroatoms. The maximum Gasteiger partial charge on any atom is 0.300 e. The van der Waals surface area contributed by atoms with Crippen LogP contribution < -0.4 is 4.90 Å². The second-order valence-electron chi connectivity index (χ2n) is 7.41. The number of nitriles is 1. The van der Waals surface area contributed by atoms with Crippen molar-refractivity contribution >= 4 is 23.1 Å². The van der Waals surface area contributed by atoms with Crippen molar-refractivity contribution in [2.75, 3.05) is 4.90 Å². The molecule has 1 fully saturated rings. The van der Waals surface area contributed by atoms with Crippen molar-refractivity contribution in [1.82, 2.24) is 4.98 Å². The van der Waals surface area contributed by atoms with Crippen LogP contribution in [-0.2, 0) is 9.59 Å². The van der Waals surface area contributed by atoms with E-state index in [0.29, 0.717) is 22.4 Å². The highest BCUT2D eigenvalue weighted by Gasteiger charge is 2.47. The molecule has 0 aliphatic carbocycles. The fourth-order valence-corrected chi connectivity index (χ4v) is 3.69. The van der Waals surface area contributed by atoms with Gasteiger partial charge in [-0.05, 0) is 66.9 Å². The number of aromatic nitrogens is 1. The van der Waals surface area contributed by atoms with Crippen LogP contribution in [0.15, 0.2) is 72.6 Å². The van der Waals surface area contributed by atoms with Crippen LogP contribution >= 0.6 is 0 Å². The summed E-state index contributed by atoms with van der Waals surface area (Å²) in [6.45, 7) is 3.87. The Kier molecular flexibility index (Phi) is 5.10. The summed E-state index contributed by atoms with van der Waals surface area (Å²) in [5.41, 5.74) is 3.97. The van der Waals surface area contributed by atoms with Gasteiger partial charge in [-0.1, -0.05) is 18.2 Å². The van der Waals surface area contributed by atoms with E-state index >= 15 is 0 Å². The number of pyridine rings is 1. The largest absolute Gasteiger partial charge is 0.507 e. The lowest BCUT2D eigenvalue weighted by atomic mass is 9.95. The van der Waals surface area contributed by atoms with E-state index in [1.807, 2.05) is 26.0 Å². The van der Waals surface area contributed by atoms with E-state index in [1.54, 1.807) is 60.9 Å². The average Bonchev–Trinajstić information content (AvgIpc) is 3.06. The molecule has 152 valence electrons. The van der Waals surface area contributed by atoms with Crippen molar-refractivity contribution in [3.8, 4) is 6.07 Å². The Bertz CT molecular complexity index is 1260. The zero-order valence-electron chi connectivity index (χ0n) is 17.0. The quantitative estimate of drug-likeness (QED) is 0.398. The van der Waals surface area contributed by atoms with Crippen LogP contribution in [0.2, 0.25) is 0 Å². The van der Waals surface area contributed by atoms with Crippen LogP contribution in [0, 0.1) is 25.2 Å². The number of Topliss-reactive ketones (excluding diaryl/α,β-unsaturated/α-hetero) is 1. The number of carbonyl (C=O) groups excluding carboxylic acids is 2. The van der Waals surface area contributed by atoms with Gasteiger partial charge in [-0.25, -0.2) is 0 Å². The predicted octanol–water partition coefficient (Wildman–Crippen LogP) is 4.20. The number of rotatable bonds is 3. The summed E-state index contributed by atoms with van der Waals surface area (Å²) in [6.07, 6.45) is 3.17. The van der Waals surface area contributed by atoms with Crippen molar-refractivity contribution in [3.63, 3.8) is 0 Å². The number of nitrogens with zero attached hydrogens (tertiary/aromatic N) is 3. The molecule has 31 heavy (non-hydrogen) atoms. The lowest BCUT2D eigenvalue weighted by molar-refractivity contribution is -0.132. The van der Waals surface area contributed by atoms with Crippen LogP contribution in [0.4, 0.5) is 5.69 Å². The fourth-order valence-electron chi connectivity index (χ4n) is 3.69. The molecule has 0 saturated carbocycles. The van der Waals surface area contributed by atoms with Crippen molar-refractivity contribution in [2.24, 2.45) is 0 Å². The maximum atomic E-state index is 13.1. The van der Waals surface area contributed by atoms with E-state index in [2.05, 4.69) is 4.98 Å². The minimum Gasteiger partial charge on any atom is -0.507 e. The van der Waals surface area contributed by atoms with Crippen molar-refractivity contribution in [1.29, 1.82) is 5.26 Å². The Morgan fingerprint density at radius 2 is 1.81 bits per heavy atom. The lowest BCUT2D eigenvalue weighted by Crippen LogP contribution is -2.29. The second-order valence-corrected chi connectivity index (χ2v) is 7.41. The third kappa shape index (κ3) is 3.47. The first-order chi connectivity index (χ1) is 14.9. The molecule has 1 saturated heterocycles. The van der Waals surface area contributed by atoms with Crippen LogP contribution in [0.1, 0.15) is 33.9 Å². The zero-order valence-corrected chi connectivity index (χ0v) is 17.0. The first kappa shape index (κ1) is 20.0. The highest BCUT2D eigenvalue weighted by atomic mass is 16.3. The lowest BCUT2D eigenvalue weighted by Gasteiger charge is -2.25. The average molecular weight is 409 g/mol. The summed E-state index contributed by atoms with van der Waals surface area (Å²) in [5.74, 6) is -1.75. The van der Waals surface area contributed by atoms with E-state index in [0.717, 1.165) is 11.1 Å². The number of amides is 1. The molecule has 0 bridgehead atoms. The van der Waals surface area contributed by atoms with Crippen LogP contribution in [0.3, 0.4) is 0 Å². The first-order valence-corrected chi connectivity index (χ1v) is 9.71. The van der Waals surface area contributed by atoms with Gasteiger partial charge in [-0.3, -0.25) is 19.5 Å². The molecule has 2 aromatic carbocycles. The second kappa shape index (κ2) is 7.88. The summed E-state index contributed by atoms with van der Waals surface area (Å²) in [6, 6.07) is 16.4. The Morgan fingerprint density at radius 3 is 2.42 bits per heavy atom. The molecule has 6 nitrogen and oxygen atoms in total. The van der Waals surface area contributed by atoms with Gasteiger partial charge in [0.05, 0.1) is 23.2 Å². The van der Waals surface area contributed by atoms with Gasteiger partial charge in [0.25, 0.3) is 11.7 Å². The molecule has 1 N–H and O–H groups in total. The molecular formula is C25H19N3O3. The van der Waals surface area contributed by atoms with Crippen molar-refractivity contribution in [2.45, 2.75) is 19.9 Å². The number of aliphatic hydroxyl groups is 1. The molecule has 2 heterocycles. The topological polar surface area (TPSA) is 94.3 Å². The number of carbonyl (C=O) groups is 2. The number of hydrogen-bond acceptors (Lipinski definition) is 5. The molecule has 1 aliphatic heterocycles. The van der Waals surface area contributed by atoms with Gasteiger partial charge in [0.2, 0.25) is 0 Å². The van der Waals surface area contributed by atoms with Crippen LogP contribution in [0.5, 0.6) is 0 Å². The Hall–Kier alpha value is -4.24. The number of hydrogen-bond donors (Lipinski definition) is 1. The highest BCUT2D eigenvalue weighted by molar-refractivity contribution is 6.51. The molecular weight excluding hydrogens is 390 g/mol. The van der Waals surface area contributed by atoms with Gasteiger partial charge in [-0.15, -0.1) is 0 Å². The number of aliphatic hydroxyl groups excluding tert-OH is 1. The summed E-state index contributed by atoms with van der Waals surface area (Å²) in [4.78, 5) is 31.6. The number of aryl methyl sites for hydroxylation is 2. The van der Waals surface area contributed by atoms with Gasteiger partial charge in [0.1, 0.15) is 5.76 Å². The van der Waals surface area contributed by atoms with Crippen molar-refractivity contribution in [3.05, 3.63) is 100 Å². The van der Waals surface area contributed by atoms with Crippen LogP contribution in [0.25, 0.3) is 5.76 Å². The SMILES string of the molecule is Cc1ccc(/C(O)=C2/C(=O)C(=O)N(c3ccc(C#N)cc3)C2c2cccnc2)cc1C. The third-order valence-corrected chi connectivity index (χ3v) is 5.50. The van der Waals surface area contributed by atoms with E-state index in [1.165, 1.54) is 4.90 Å². The minimum atomic E-state index is -0.844. The molecule has 1 atom stereocenters. The molecule has 1 amide bonds. The van der Waals surface area contributed by atoms with E-state index < -0.39 is 17.7 Å². The van der Waals surface area contributed by atoms with E-state index in [-0.39, 0.29) is 11.3 Å². The highest BCUT2D eigenvalue weighted by Crippen LogP contribution is 2.42. The molecule has 1 unspecified atom stereocenters. The summed E-state index contributed by atoms with van der Waals surface area (Å²) in [5, 5.41) is 20.2. The van der Waals surface area contributed by atoms with E-state index in [9.17, 15) is 14.7 Å². The van der Waals surface area contributed by atoms with Crippen LogP contribution in [-0.4, -0.2) is 21.8 Å². The summed E-state index contributed by atoms with van der Waals surface area (Å²) in [7, 11) is 0. The minimum absolute atomic E-state index is 0.00520. The van der Waals surface area contributed by atoms with Gasteiger partial charge >= 0.3 is 0 Å². The van der Waals surface area contributed by atoms with Gasteiger partial charge in [-0.2, -0.15) is 5.26 Å². The molecule has 1 aromatic heterocycles. The predicted molar refractivity (Wildman–Crippen MR) is 116 cm³/mol. The fraction of sp³-hybridized carbons (Fsp3) is 0.120. The monoisotopic (exact) mass is 409 g/mol. The molecule has 1 aliphatic rings. The molecule has 0 spiro atoms. The Balaban J connectivity index is 1.93. The normalized spacial score (nSPS) is 17.6. The Morgan fingerprint density at radius 1 is 1.06 bits per heavy atom. The standard InChI is InChI=1S/C25H19N3O3/c1-15-5-8-18(12-16(15)2)23(29)21-22(19-4-3-11-27-14-19)28(25(31)24(21)30)20-9-6-17(13-26)7-10-20/h3-12,14,22,29H,1-2H3/b23-21-. The number of anilines is 1. The number of benzene rings is 2. The van der Waals surface area contributed by atoms with Gasteiger partial charge in [0, 0.05) is 23.6 Å². The van der Waals surface area contributed by atoms with Crippen molar-refractivity contribution < 1.29 is 14.7 Å². The van der Waals surface area contributed by atoms with Gasteiger partial charge < -0.3 is 5.11 Å². The van der Waals surface area contributed by atoms with Gasteiger partial charge in [0.15, 0.2) is 0 Å². The summed E-state index contributed by atoms with van der Waals surface area (Å²) >= 11 is 0. The Labute approximate surface area is 179 Å². The summed E-state index contributed by atoms with van der Waals surface area (Å²) < 4.78 is 0. The first-order valence-electron chi connectivity index (χ1n) is 9.71. The maximum absolute atomic E-state index is 13.1. The zero-order chi connectivity index (χ0) is 22.1. The van der Waals surface area contributed by atoms with E-state index in [4.69, 9.17) is 5.26 Å². The number of ketones is 1. The smallest absolute Gasteiger partial charge is 0.300 e.